The van der Waals surface area contributed by atoms with E-state index in [1.807, 2.05) is 18.9 Å². The van der Waals surface area contributed by atoms with Crippen LogP contribution in [0.4, 0.5) is 11.6 Å². The van der Waals surface area contributed by atoms with Crippen molar-refractivity contribution in [3.05, 3.63) is 46.8 Å². The molecular formula is C15H19N5. The van der Waals surface area contributed by atoms with Crippen LogP contribution in [-0.2, 0) is 0 Å². The second-order valence-electron chi connectivity index (χ2n) is 5.01. The van der Waals surface area contributed by atoms with Gasteiger partial charge >= 0.3 is 0 Å². The summed E-state index contributed by atoms with van der Waals surface area (Å²) < 4.78 is 0. The number of aromatic nitrogens is 2. The molecule has 2 rings (SSSR count). The molecule has 0 radical (unpaired) electrons. The maximum absolute atomic E-state index is 7.51. The molecule has 0 bridgehead atoms. The Balaban J connectivity index is 2.47. The fourth-order valence-electron chi connectivity index (χ4n) is 2.10. The van der Waals surface area contributed by atoms with Crippen molar-refractivity contribution in [1.82, 2.24) is 9.97 Å². The molecule has 0 amide bonds. The van der Waals surface area contributed by atoms with E-state index in [-0.39, 0.29) is 5.84 Å². The highest BCUT2D eigenvalue weighted by Gasteiger charge is 2.11. The average Bonchev–Trinajstić information content (AvgIpc) is 2.35. The molecule has 1 aromatic carbocycles. The van der Waals surface area contributed by atoms with Crippen molar-refractivity contribution in [3.8, 4) is 0 Å². The number of nitrogen functional groups attached to an aromatic ring is 1. The molecule has 20 heavy (non-hydrogen) atoms. The number of aryl methyl sites for hydroxylation is 3. The van der Waals surface area contributed by atoms with Gasteiger partial charge in [0.2, 0.25) is 5.95 Å². The summed E-state index contributed by atoms with van der Waals surface area (Å²) in [6.45, 7) is 5.98. The zero-order chi connectivity index (χ0) is 14.9. The van der Waals surface area contributed by atoms with Crippen LogP contribution >= 0.6 is 0 Å². The van der Waals surface area contributed by atoms with E-state index in [2.05, 4.69) is 42.0 Å². The fourth-order valence-corrected chi connectivity index (χ4v) is 2.10. The van der Waals surface area contributed by atoms with E-state index in [9.17, 15) is 0 Å². The Morgan fingerprint density at radius 3 is 2.20 bits per heavy atom. The first kappa shape index (κ1) is 14.0. The van der Waals surface area contributed by atoms with Gasteiger partial charge in [0.25, 0.3) is 0 Å². The first-order valence-corrected chi connectivity index (χ1v) is 6.39. The summed E-state index contributed by atoms with van der Waals surface area (Å²) in [5.74, 6) is 0.491. The number of hydrogen-bond donors (Lipinski definition) is 2. The van der Waals surface area contributed by atoms with Crippen molar-refractivity contribution in [3.63, 3.8) is 0 Å². The number of hydrogen-bond acceptors (Lipinski definition) is 4. The third-order valence-electron chi connectivity index (χ3n) is 3.01. The molecule has 0 aliphatic rings. The molecule has 1 aromatic heterocycles. The summed E-state index contributed by atoms with van der Waals surface area (Å²) in [6.07, 6.45) is 0. The molecule has 0 aliphatic carbocycles. The molecule has 2 aromatic rings. The van der Waals surface area contributed by atoms with Gasteiger partial charge in [-0.3, -0.25) is 5.41 Å². The van der Waals surface area contributed by atoms with Crippen LogP contribution < -0.4 is 10.6 Å². The molecule has 0 saturated heterocycles. The van der Waals surface area contributed by atoms with E-state index in [0.717, 1.165) is 11.4 Å². The smallest absolute Gasteiger partial charge is 0.230 e. The molecule has 0 fully saturated rings. The molecule has 0 atom stereocenters. The lowest BCUT2D eigenvalue weighted by atomic mass is 10.1. The number of nitrogens with one attached hydrogen (secondary N) is 1. The van der Waals surface area contributed by atoms with Gasteiger partial charge in [-0.2, -0.15) is 0 Å². The largest absolute Gasteiger partial charge is 0.382 e. The van der Waals surface area contributed by atoms with Gasteiger partial charge in [-0.15, -0.1) is 0 Å². The highest BCUT2D eigenvalue weighted by Crippen LogP contribution is 2.23. The molecule has 1 heterocycles. The van der Waals surface area contributed by atoms with E-state index >= 15 is 0 Å². The van der Waals surface area contributed by atoms with Crippen LogP contribution in [0.5, 0.6) is 0 Å². The number of nitrogens with zero attached hydrogens (tertiary/aromatic N) is 3. The van der Waals surface area contributed by atoms with Crippen molar-refractivity contribution in [2.45, 2.75) is 20.8 Å². The standard InChI is InChI=1S/C15H19N5/c1-9-5-10(2)7-12(6-9)20(4)15-18-11(3)8-13(19-15)14(16)17/h5-8H,1-4H3,(H3,16,17). The predicted molar refractivity (Wildman–Crippen MR) is 81.8 cm³/mol. The first-order chi connectivity index (χ1) is 9.36. The van der Waals surface area contributed by atoms with Crippen molar-refractivity contribution in [2.75, 3.05) is 11.9 Å². The van der Waals surface area contributed by atoms with E-state index < -0.39 is 0 Å². The average molecular weight is 269 g/mol. The van der Waals surface area contributed by atoms with Gasteiger partial charge in [-0.05, 0) is 50.1 Å². The van der Waals surface area contributed by atoms with Crippen LogP contribution in [0.3, 0.4) is 0 Å². The van der Waals surface area contributed by atoms with E-state index in [0.29, 0.717) is 11.6 Å². The molecule has 0 unspecified atom stereocenters. The van der Waals surface area contributed by atoms with Crippen LogP contribution in [-0.4, -0.2) is 22.9 Å². The minimum Gasteiger partial charge on any atom is -0.382 e. The molecule has 3 N–H and O–H groups in total. The van der Waals surface area contributed by atoms with Gasteiger partial charge < -0.3 is 10.6 Å². The lowest BCUT2D eigenvalue weighted by Gasteiger charge is -2.19. The number of rotatable bonds is 3. The van der Waals surface area contributed by atoms with Crippen molar-refractivity contribution >= 4 is 17.5 Å². The number of benzene rings is 1. The van der Waals surface area contributed by atoms with Crippen LogP contribution in [0.15, 0.2) is 24.3 Å². The Morgan fingerprint density at radius 2 is 1.65 bits per heavy atom. The monoisotopic (exact) mass is 269 g/mol. The molecule has 0 saturated carbocycles. The number of nitrogens with two attached hydrogens (primary N) is 1. The van der Waals surface area contributed by atoms with Crippen LogP contribution in [0, 0.1) is 26.2 Å². The van der Waals surface area contributed by atoms with Crippen molar-refractivity contribution in [2.24, 2.45) is 5.73 Å². The highest BCUT2D eigenvalue weighted by atomic mass is 15.2. The van der Waals surface area contributed by atoms with Crippen LogP contribution in [0.25, 0.3) is 0 Å². The number of anilines is 2. The quantitative estimate of drug-likeness (QED) is 0.662. The lowest BCUT2D eigenvalue weighted by Crippen LogP contribution is -2.19. The molecule has 5 nitrogen and oxygen atoms in total. The second kappa shape index (κ2) is 5.28. The van der Waals surface area contributed by atoms with E-state index in [1.165, 1.54) is 11.1 Å². The summed E-state index contributed by atoms with van der Waals surface area (Å²) in [7, 11) is 1.91. The maximum Gasteiger partial charge on any atom is 0.230 e. The van der Waals surface area contributed by atoms with Gasteiger partial charge in [-0.1, -0.05) is 6.07 Å². The molecular weight excluding hydrogens is 250 g/mol. The molecule has 0 spiro atoms. The Bertz CT molecular complexity index is 643. The Morgan fingerprint density at radius 1 is 1.05 bits per heavy atom. The first-order valence-electron chi connectivity index (χ1n) is 6.39. The Labute approximate surface area is 119 Å². The zero-order valence-corrected chi connectivity index (χ0v) is 12.2. The van der Waals surface area contributed by atoms with Gasteiger partial charge in [0.05, 0.1) is 0 Å². The third kappa shape index (κ3) is 2.93. The van der Waals surface area contributed by atoms with Gasteiger partial charge in [0.1, 0.15) is 11.5 Å². The maximum atomic E-state index is 7.51. The van der Waals surface area contributed by atoms with Crippen molar-refractivity contribution in [1.29, 1.82) is 5.41 Å². The van der Waals surface area contributed by atoms with Gasteiger partial charge in [0.15, 0.2) is 0 Å². The van der Waals surface area contributed by atoms with E-state index in [4.69, 9.17) is 11.1 Å². The predicted octanol–water partition coefficient (Wildman–Crippen LogP) is 2.45. The topological polar surface area (TPSA) is 78.9 Å². The zero-order valence-electron chi connectivity index (χ0n) is 12.2. The minimum absolute atomic E-state index is 0.0504. The van der Waals surface area contributed by atoms with Crippen LogP contribution in [0.2, 0.25) is 0 Å². The SMILES string of the molecule is Cc1cc(C)cc(N(C)c2nc(C)cc(C(=N)N)n2)c1. The summed E-state index contributed by atoms with van der Waals surface area (Å²) in [4.78, 5) is 10.7. The molecule has 5 heteroatoms. The Kier molecular flexibility index (Phi) is 3.70. The second-order valence-corrected chi connectivity index (χ2v) is 5.01. The lowest BCUT2D eigenvalue weighted by molar-refractivity contribution is 1.00. The summed E-state index contributed by atoms with van der Waals surface area (Å²) in [5, 5.41) is 7.51. The summed E-state index contributed by atoms with van der Waals surface area (Å²) >= 11 is 0. The normalized spacial score (nSPS) is 10.4. The minimum atomic E-state index is -0.0504. The fraction of sp³-hybridized carbons (Fsp3) is 0.267. The third-order valence-corrected chi connectivity index (χ3v) is 3.01. The molecule has 104 valence electrons. The van der Waals surface area contributed by atoms with Crippen molar-refractivity contribution < 1.29 is 0 Å². The highest BCUT2D eigenvalue weighted by molar-refractivity contribution is 5.93. The summed E-state index contributed by atoms with van der Waals surface area (Å²) in [5.41, 5.74) is 10.1. The summed E-state index contributed by atoms with van der Waals surface area (Å²) in [6, 6.07) is 7.98. The van der Waals surface area contributed by atoms with Crippen LogP contribution in [0.1, 0.15) is 22.5 Å². The van der Waals surface area contributed by atoms with Gasteiger partial charge in [-0.25, -0.2) is 9.97 Å². The van der Waals surface area contributed by atoms with E-state index in [1.54, 1.807) is 6.07 Å². The number of amidine groups is 1. The Hall–Kier alpha value is -2.43. The van der Waals surface area contributed by atoms with Gasteiger partial charge in [0, 0.05) is 18.4 Å². The molecule has 0 aliphatic heterocycles.